The molecule has 4 heteroatoms. The van der Waals surface area contributed by atoms with Gasteiger partial charge in [-0.15, -0.1) is 0 Å². The number of carboxylic acids is 1. The van der Waals surface area contributed by atoms with Crippen molar-refractivity contribution in [3.63, 3.8) is 0 Å². The van der Waals surface area contributed by atoms with Gasteiger partial charge in [-0.05, 0) is 30.9 Å². The molecular formula is C17H25NO3. The van der Waals surface area contributed by atoms with E-state index in [2.05, 4.69) is 26.1 Å². The summed E-state index contributed by atoms with van der Waals surface area (Å²) in [6, 6.07) is 6.73. The van der Waals surface area contributed by atoms with Gasteiger partial charge >= 0.3 is 5.97 Å². The van der Waals surface area contributed by atoms with E-state index in [0.717, 1.165) is 18.4 Å². The first-order valence-electron chi connectivity index (χ1n) is 7.52. The minimum atomic E-state index is -0.962. The van der Waals surface area contributed by atoms with Crippen LogP contribution in [0.15, 0.2) is 24.3 Å². The molecule has 0 fully saturated rings. The normalized spacial score (nSPS) is 12.4. The van der Waals surface area contributed by atoms with Gasteiger partial charge in [0.25, 0.3) is 0 Å². The van der Waals surface area contributed by atoms with E-state index in [1.807, 2.05) is 12.1 Å². The molecule has 0 saturated heterocycles. The number of aliphatic carboxylic acids is 1. The van der Waals surface area contributed by atoms with Crippen LogP contribution in [0.3, 0.4) is 0 Å². The molecule has 0 amide bonds. The number of carbonyl (C=O) groups is 2. The summed E-state index contributed by atoms with van der Waals surface area (Å²) in [5.41, 5.74) is 1.73. The Morgan fingerprint density at radius 1 is 1.19 bits per heavy atom. The van der Waals surface area contributed by atoms with Crippen molar-refractivity contribution in [1.82, 2.24) is 5.32 Å². The van der Waals surface area contributed by atoms with Crippen molar-refractivity contribution in [2.75, 3.05) is 6.54 Å². The third-order valence-corrected chi connectivity index (χ3v) is 3.45. The first-order valence-corrected chi connectivity index (χ1v) is 7.52. The van der Waals surface area contributed by atoms with Crippen LogP contribution in [0.1, 0.15) is 49.5 Å². The van der Waals surface area contributed by atoms with Gasteiger partial charge in [0.05, 0.1) is 12.5 Å². The Hall–Kier alpha value is -1.68. The lowest BCUT2D eigenvalue weighted by Gasteiger charge is -2.17. The summed E-state index contributed by atoms with van der Waals surface area (Å²) in [4.78, 5) is 23.4. The molecule has 0 aliphatic heterocycles. The third-order valence-electron chi connectivity index (χ3n) is 3.45. The Morgan fingerprint density at radius 3 is 2.29 bits per heavy atom. The van der Waals surface area contributed by atoms with Crippen molar-refractivity contribution in [3.05, 3.63) is 35.4 Å². The summed E-state index contributed by atoms with van der Waals surface area (Å²) >= 11 is 0. The zero-order valence-corrected chi connectivity index (χ0v) is 13.1. The molecular weight excluding hydrogens is 266 g/mol. The highest BCUT2D eigenvalue weighted by Crippen LogP contribution is 2.10. The number of hydrogen-bond acceptors (Lipinski definition) is 3. The van der Waals surface area contributed by atoms with Crippen LogP contribution >= 0.6 is 0 Å². The second kappa shape index (κ2) is 8.57. The molecule has 1 atom stereocenters. The van der Waals surface area contributed by atoms with Crippen molar-refractivity contribution in [1.29, 1.82) is 0 Å². The van der Waals surface area contributed by atoms with E-state index in [1.54, 1.807) is 12.1 Å². The summed E-state index contributed by atoms with van der Waals surface area (Å²) in [5, 5.41) is 12.1. The predicted octanol–water partition coefficient (Wildman–Crippen LogP) is 2.91. The smallest absolute Gasteiger partial charge is 0.305 e. The molecule has 0 radical (unpaired) electrons. The maximum Gasteiger partial charge on any atom is 0.305 e. The minimum absolute atomic E-state index is 0.149. The maximum absolute atomic E-state index is 12.4. The Kier molecular flexibility index (Phi) is 7.09. The first-order chi connectivity index (χ1) is 9.93. The molecule has 116 valence electrons. The summed E-state index contributed by atoms with van der Waals surface area (Å²) < 4.78 is 0. The average Bonchev–Trinajstić information content (AvgIpc) is 2.45. The molecule has 1 aromatic carbocycles. The van der Waals surface area contributed by atoms with Crippen LogP contribution in [0.2, 0.25) is 0 Å². The highest BCUT2D eigenvalue weighted by Gasteiger charge is 2.22. The zero-order valence-electron chi connectivity index (χ0n) is 13.1. The monoisotopic (exact) mass is 291 g/mol. The molecule has 0 bridgehead atoms. The highest BCUT2D eigenvalue weighted by atomic mass is 16.4. The number of benzene rings is 1. The fraction of sp³-hybridized carbons (Fsp3) is 0.529. The van der Waals surface area contributed by atoms with Crippen LogP contribution in [-0.4, -0.2) is 29.4 Å². The van der Waals surface area contributed by atoms with Crippen LogP contribution in [0.25, 0.3) is 0 Å². The quantitative estimate of drug-likeness (QED) is 0.687. The van der Waals surface area contributed by atoms with E-state index in [4.69, 9.17) is 5.11 Å². The van der Waals surface area contributed by atoms with Crippen molar-refractivity contribution in [3.8, 4) is 0 Å². The van der Waals surface area contributed by atoms with Crippen molar-refractivity contribution < 1.29 is 14.7 Å². The molecule has 0 saturated carbocycles. The molecule has 2 N–H and O–H groups in total. The molecule has 0 spiro atoms. The first kappa shape index (κ1) is 17.4. The number of rotatable bonds is 9. The number of ketones is 1. The molecule has 21 heavy (non-hydrogen) atoms. The van der Waals surface area contributed by atoms with Crippen molar-refractivity contribution in [2.24, 2.45) is 5.92 Å². The fourth-order valence-corrected chi connectivity index (χ4v) is 2.08. The SMILES string of the molecule is CCc1ccc(C(=O)C(CC(=O)O)NCCC(C)C)cc1. The minimum Gasteiger partial charge on any atom is -0.481 e. The summed E-state index contributed by atoms with van der Waals surface area (Å²) in [6.07, 6.45) is 1.64. The number of aryl methyl sites for hydroxylation is 1. The lowest BCUT2D eigenvalue weighted by molar-refractivity contribution is -0.137. The van der Waals surface area contributed by atoms with Crippen molar-refractivity contribution in [2.45, 2.75) is 46.1 Å². The van der Waals surface area contributed by atoms with Crippen LogP contribution in [0, 0.1) is 5.92 Å². The molecule has 0 aliphatic rings. The van der Waals surface area contributed by atoms with Gasteiger partial charge in [-0.1, -0.05) is 45.0 Å². The number of nitrogens with one attached hydrogen (secondary N) is 1. The highest BCUT2D eigenvalue weighted by molar-refractivity contribution is 6.01. The van der Waals surface area contributed by atoms with Gasteiger partial charge in [0.2, 0.25) is 0 Å². The number of carboxylic acid groups (broad SMARTS) is 1. The van der Waals surface area contributed by atoms with Crippen LogP contribution in [0.5, 0.6) is 0 Å². The number of carbonyl (C=O) groups excluding carboxylic acids is 1. The van der Waals surface area contributed by atoms with E-state index in [-0.39, 0.29) is 12.2 Å². The van der Waals surface area contributed by atoms with E-state index < -0.39 is 12.0 Å². The Balaban J connectivity index is 2.75. The molecule has 1 unspecified atom stereocenters. The average molecular weight is 291 g/mol. The van der Waals surface area contributed by atoms with Crippen LogP contribution in [-0.2, 0) is 11.2 Å². The van der Waals surface area contributed by atoms with Gasteiger partial charge in [-0.2, -0.15) is 0 Å². The molecule has 1 rings (SSSR count). The predicted molar refractivity (Wildman–Crippen MR) is 83.6 cm³/mol. The van der Waals surface area contributed by atoms with Crippen LogP contribution in [0.4, 0.5) is 0 Å². The lowest BCUT2D eigenvalue weighted by Crippen LogP contribution is -2.39. The Morgan fingerprint density at radius 2 is 1.81 bits per heavy atom. The van der Waals surface area contributed by atoms with E-state index >= 15 is 0 Å². The van der Waals surface area contributed by atoms with Gasteiger partial charge in [-0.3, -0.25) is 9.59 Å². The second-order valence-electron chi connectivity index (χ2n) is 5.70. The summed E-state index contributed by atoms with van der Waals surface area (Å²) in [7, 11) is 0. The van der Waals surface area contributed by atoms with Gasteiger partial charge in [0.15, 0.2) is 5.78 Å². The molecule has 4 nitrogen and oxygen atoms in total. The van der Waals surface area contributed by atoms with Gasteiger partial charge in [-0.25, -0.2) is 0 Å². The second-order valence-corrected chi connectivity index (χ2v) is 5.70. The third kappa shape index (κ3) is 6.08. The van der Waals surface area contributed by atoms with Crippen LogP contribution < -0.4 is 5.32 Å². The van der Waals surface area contributed by atoms with Gasteiger partial charge in [0.1, 0.15) is 0 Å². The fourth-order valence-electron chi connectivity index (χ4n) is 2.08. The summed E-state index contributed by atoms with van der Waals surface area (Å²) in [5.74, 6) is -0.596. The standard InChI is InChI=1S/C17H25NO3/c1-4-13-5-7-14(8-6-13)17(21)15(11-16(19)20)18-10-9-12(2)3/h5-8,12,15,18H,4,9-11H2,1-3H3,(H,19,20). The largest absolute Gasteiger partial charge is 0.481 e. The maximum atomic E-state index is 12.4. The molecule has 0 heterocycles. The molecule has 0 aliphatic carbocycles. The Labute approximate surface area is 126 Å². The lowest BCUT2D eigenvalue weighted by atomic mass is 9.99. The number of hydrogen-bond donors (Lipinski definition) is 2. The zero-order chi connectivity index (χ0) is 15.8. The summed E-state index contributed by atoms with van der Waals surface area (Å²) in [6.45, 7) is 6.89. The topological polar surface area (TPSA) is 66.4 Å². The molecule has 1 aromatic rings. The van der Waals surface area contributed by atoms with Crippen molar-refractivity contribution >= 4 is 11.8 Å². The molecule has 0 aromatic heterocycles. The van der Waals surface area contributed by atoms with Gasteiger partial charge < -0.3 is 10.4 Å². The Bertz CT molecular complexity index is 465. The number of Topliss-reactive ketones (excluding diaryl/α,β-unsaturated/α-hetero) is 1. The van der Waals surface area contributed by atoms with E-state index in [1.165, 1.54) is 0 Å². The van der Waals surface area contributed by atoms with Gasteiger partial charge in [0, 0.05) is 5.56 Å². The van der Waals surface area contributed by atoms with E-state index in [0.29, 0.717) is 18.0 Å². The van der Waals surface area contributed by atoms with E-state index in [9.17, 15) is 9.59 Å².